The molecule has 1 aromatic carbocycles. The Morgan fingerprint density at radius 2 is 2.05 bits per heavy atom. The topological polar surface area (TPSA) is 58.6 Å². The number of nitrogens with one attached hydrogen (secondary N) is 1. The molecule has 2 rings (SSSR count). The molecule has 1 aromatic rings. The van der Waals surface area contributed by atoms with Gasteiger partial charge < -0.3 is 15.0 Å². The molecule has 0 atom stereocenters. The first-order chi connectivity index (χ1) is 9.02. The van der Waals surface area contributed by atoms with Crippen LogP contribution in [0.15, 0.2) is 12.1 Å². The van der Waals surface area contributed by atoms with Crippen LogP contribution in [0.3, 0.4) is 0 Å². The van der Waals surface area contributed by atoms with Gasteiger partial charge in [-0.1, -0.05) is 0 Å². The Bertz CT molecular complexity index is 526. The number of fused-ring (bicyclic) bond motifs is 1. The number of anilines is 2. The van der Waals surface area contributed by atoms with E-state index in [1.165, 1.54) is 13.8 Å². The number of amides is 2. The number of carbonyl (C=O) groups excluding carboxylic acids is 2. The summed E-state index contributed by atoms with van der Waals surface area (Å²) in [6.07, 6.45) is 1.79. The summed E-state index contributed by atoms with van der Waals surface area (Å²) in [5, 5.41) is 2.78. The van der Waals surface area contributed by atoms with Crippen molar-refractivity contribution in [2.24, 2.45) is 0 Å². The highest BCUT2D eigenvalue weighted by atomic mass is 16.5. The number of aryl methyl sites for hydroxylation is 1. The molecule has 5 heteroatoms. The number of nitrogens with zero attached hydrogens (tertiary/aromatic N) is 1. The summed E-state index contributed by atoms with van der Waals surface area (Å²) in [5.41, 5.74) is 2.47. The molecule has 0 radical (unpaired) electrons. The van der Waals surface area contributed by atoms with Crippen LogP contribution >= 0.6 is 0 Å². The van der Waals surface area contributed by atoms with Crippen LogP contribution in [0, 0.1) is 0 Å². The molecule has 1 heterocycles. The molecular formula is C14H18N2O3. The number of hydrogen-bond acceptors (Lipinski definition) is 3. The van der Waals surface area contributed by atoms with E-state index in [-0.39, 0.29) is 11.8 Å². The number of ether oxygens (including phenoxy) is 1. The zero-order valence-electron chi connectivity index (χ0n) is 11.4. The number of rotatable bonds is 2. The van der Waals surface area contributed by atoms with E-state index in [0.717, 1.165) is 24.1 Å². The highest BCUT2D eigenvalue weighted by molar-refractivity contribution is 6.01. The lowest BCUT2D eigenvalue weighted by atomic mass is 9.99. The third kappa shape index (κ3) is 2.70. The SMILES string of the molecule is COc1cc2c(c(NC(C)=O)c1)N(C(C)=O)CCC2. The molecule has 102 valence electrons. The first-order valence-corrected chi connectivity index (χ1v) is 6.29. The highest BCUT2D eigenvalue weighted by Crippen LogP contribution is 2.38. The smallest absolute Gasteiger partial charge is 0.223 e. The highest BCUT2D eigenvalue weighted by Gasteiger charge is 2.24. The van der Waals surface area contributed by atoms with Gasteiger partial charge in [-0.3, -0.25) is 9.59 Å². The van der Waals surface area contributed by atoms with E-state index >= 15 is 0 Å². The molecule has 1 aliphatic rings. The van der Waals surface area contributed by atoms with E-state index < -0.39 is 0 Å². The van der Waals surface area contributed by atoms with Crippen LogP contribution in [0.1, 0.15) is 25.8 Å². The monoisotopic (exact) mass is 262 g/mol. The zero-order valence-corrected chi connectivity index (χ0v) is 11.4. The van der Waals surface area contributed by atoms with E-state index in [0.29, 0.717) is 18.0 Å². The third-order valence-electron chi connectivity index (χ3n) is 3.19. The fraction of sp³-hybridized carbons (Fsp3) is 0.429. The summed E-state index contributed by atoms with van der Waals surface area (Å²) >= 11 is 0. The van der Waals surface area contributed by atoms with Gasteiger partial charge >= 0.3 is 0 Å². The summed E-state index contributed by atoms with van der Waals surface area (Å²) < 4.78 is 5.24. The summed E-state index contributed by atoms with van der Waals surface area (Å²) in [6, 6.07) is 3.68. The van der Waals surface area contributed by atoms with Gasteiger partial charge in [-0.25, -0.2) is 0 Å². The van der Waals surface area contributed by atoms with Crippen LogP contribution in [0.4, 0.5) is 11.4 Å². The third-order valence-corrected chi connectivity index (χ3v) is 3.19. The Kier molecular flexibility index (Phi) is 3.74. The number of hydrogen-bond donors (Lipinski definition) is 1. The normalized spacial score (nSPS) is 13.7. The Morgan fingerprint density at radius 1 is 1.32 bits per heavy atom. The molecule has 0 fully saturated rings. The van der Waals surface area contributed by atoms with E-state index in [1.807, 2.05) is 6.07 Å². The van der Waals surface area contributed by atoms with Gasteiger partial charge in [0.05, 0.1) is 18.5 Å². The fourth-order valence-corrected chi connectivity index (χ4v) is 2.43. The number of benzene rings is 1. The van der Waals surface area contributed by atoms with Gasteiger partial charge in [0.1, 0.15) is 5.75 Å². The van der Waals surface area contributed by atoms with Crippen molar-refractivity contribution >= 4 is 23.2 Å². The molecule has 1 aliphatic heterocycles. The second kappa shape index (κ2) is 5.30. The summed E-state index contributed by atoms with van der Waals surface area (Å²) in [7, 11) is 1.59. The second-order valence-electron chi connectivity index (χ2n) is 4.64. The summed E-state index contributed by atoms with van der Waals surface area (Å²) in [5.74, 6) is 0.509. The van der Waals surface area contributed by atoms with E-state index in [4.69, 9.17) is 4.74 Å². The van der Waals surface area contributed by atoms with Crippen molar-refractivity contribution in [3.05, 3.63) is 17.7 Å². The molecule has 5 nitrogen and oxygen atoms in total. The molecule has 0 aromatic heterocycles. The van der Waals surface area contributed by atoms with Gasteiger partial charge in [-0.15, -0.1) is 0 Å². The Morgan fingerprint density at radius 3 is 2.63 bits per heavy atom. The second-order valence-corrected chi connectivity index (χ2v) is 4.64. The van der Waals surface area contributed by atoms with Crippen LogP contribution in [0.2, 0.25) is 0 Å². The fourth-order valence-electron chi connectivity index (χ4n) is 2.43. The summed E-state index contributed by atoms with van der Waals surface area (Å²) in [4.78, 5) is 24.8. The average Bonchev–Trinajstić information content (AvgIpc) is 2.36. The van der Waals surface area contributed by atoms with Crippen LogP contribution < -0.4 is 15.0 Å². The van der Waals surface area contributed by atoms with E-state index in [1.54, 1.807) is 18.1 Å². The van der Waals surface area contributed by atoms with Crippen LogP contribution in [0.5, 0.6) is 5.75 Å². The van der Waals surface area contributed by atoms with Crippen molar-refractivity contribution < 1.29 is 14.3 Å². The largest absolute Gasteiger partial charge is 0.497 e. The van der Waals surface area contributed by atoms with Gasteiger partial charge in [-0.05, 0) is 24.5 Å². The molecule has 0 saturated heterocycles. The molecule has 0 spiro atoms. The lowest BCUT2D eigenvalue weighted by Crippen LogP contribution is -2.34. The molecule has 19 heavy (non-hydrogen) atoms. The maximum atomic E-state index is 11.7. The summed E-state index contributed by atoms with van der Waals surface area (Å²) in [6.45, 7) is 3.67. The van der Waals surface area contributed by atoms with Crippen molar-refractivity contribution in [2.75, 3.05) is 23.9 Å². The zero-order chi connectivity index (χ0) is 14.0. The molecule has 0 bridgehead atoms. The molecule has 0 saturated carbocycles. The molecular weight excluding hydrogens is 244 g/mol. The van der Waals surface area contributed by atoms with Crippen molar-refractivity contribution in [1.82, 2.24) is 0 Å². The standard InChI is InChI=1S/C14H18N2O3/c1-9(17)15-13-8-12(19-3)7-11-5-4-6-16(10(2)18)14(11)13/h7-8H,4-6H2,1-3H3,(H,15,17). The lowest BCUT2D eigenvalue weighted by molar-refractivity contribution is -0.117. The van der Waals surface area contributed by atoms with E-state index in [9.17, 15) is 9.59 Å². The van der Waals surface area contributed by atoms with Gasteiger partial charge in [-0.2, -0.15) is 0 Å². The molecule has 0 aliphatic carbocycles. The van der Waals surface area contributed by atoms with E-state index in [2.05, 4.69) is 5.32 Å². The first kappa shape index (κ1) is 13.4. The van der Waals surface area contributed by atoms with Crippen LogP contribution in [-0.2, 0) is 16.0 Å². The Hall–Kier alpha value is -2.04. The first-order valence-electron chi connectivity index (χ1n) is 6.29. The quantitative estimate of drug-likeness (QED) is 0.886. The molecule has 0 unspecified atom stereocenters. The Labute approximate surface area is 112 Å². The number of carbonyl (C=O) groups is 2. The predicted octanol–water partition coefficient (Wildman–Crippen LogP) is 1.95. The van der Waals surface area contributed by atoms with Crippen molar-refractivity contribution in [2.45, 2.75) is 26.7 Å². The lowest BCUT2D eigenvalue weighted by Gasteiger charge is -2.31. The minimum atomic E-state index is -0.162. The van der Waals surface area contributed by atoms with Crippen molar-refractivity contribution in [3.63, 3.8) is 0 Å². The number of methoxy groups -OCH3 is 1. The maximum absolute atomic E-state index is 11.7. The van der Waals surface area contributed by atoms with Crippen LogP contribution in [-0.4, -0.2) is 25.5 Å². The van der Waals surface area contributed by atoms with Gasteiger partial charge in [0.25, 0.3) is 0 Å². The average molecular weight is 262 g/mol. The van der Waals surface area contributed by atoms with Gasteiger partial charge in [0.2, 0.25) is 11.8 Å². The Balaban J connectivity index is 2.56. The van der Waals surface area contributed by atoms with Crippen molar-refractivity contribution in [3.8, 4) is 5.75 Å². The molecule has 2 amide bonds. The minimum Gasteiger partial charge on any atom is -0.497 e. The maximum Gasteiger partial charge on any atom is 0.223 e. The molecule has 1 N–H and O–H groups in total. The van der Waals surface area contributed by atoms with Gasteiger partial charge in [0, 0.05) is 26.5 Å². The van der Waals surface area contributed by atoms with Crippen molar-refractivity contribution in [1.29, 1.82) is 0 Å². The minimum absolute atomic E-state index is 0.0160. The predicted molar refractivity (Wildman–Crippen MR) is 73.6 cm³/mol. The van der Waals surface area contributed by atoms with Crippen LogP contribution in [0.25, 0.3) is 0 Å². The van der Waals surface area contributed by atoms with Gasteiger partial charge in [0.15, 0.2) is 0 Å².